The molecule has 0 saturated carbocycles. The Morgan fingerprint density at radius 1 is 1.27 bits per heavy atom. The monoisotopic (exact) mass is 313 g/mol. The van der Waals surface area contributed by atoms with E-state index in [9.17, 15) is 0 Å². The van der Waals surface area contributed by atoms with Crippen molar-refractivity contribution >= 4 is 33.1 Å². The zero-order valence-electron chi connectivity index (χ0n) is 12.7. The number of anilines is 2. The first-order valence-electron chi connectivity index (χ1n) is 7.32. The molecule has 3 N–H and O–H groups in total. The van der Waals surface area contributed by atoms with Crippen LogP contribution in [0, 0.1) is 5.92 Å². The summed E-state index contributed by atoms with van der Waals surface area (Å²) in [5, 5.41) is 16.3. The first-order chi connectivity index (χ1) is 10.6. The molecule has 0 radical (unpaired) electrons. The van der Waals surface area contributed by atoms with E-state index in [2.05, 4.69) is 34.3 Å². The molecule has 1 atom stereocenters. The van der Waals surface area contributed by atoms with Gasteiger partial charge in [-0.05, 0) is 12.3 Å². The lowest BCUT2D eigenvalue weighted by atomic mass is 10.0. The second kappa shape index (κ2) is 6.37. The third kappa shape index (κ3) is 3.23. The second-order valence-corrected chi connectivity index (χ2v) is 6.58. The lowest BCUT2D eigenvalue weighted by Gasteiger charge is -2.11. The van der Waals surface area contributed by atoms with E-state index < -0.39 is 0 Å². The summed E-state index contributed by atoms with van der Waals surface area (Å²) in [6.45, 7) is 4.33. The topological polar surface area (TPSA) is 76.7 Å². The van der Waals surface area contributed by atoms with Gasteiger partial charge in [-0.2, -0.15) is 5.10 Å². The maximum atomic E-state index is 6.18. The van der Waals surface area contributed by atoms with E-state index in [4.69, 9.17) is 5.73 Å². The number of thiazole rings is 1. The number of aromatic nitrogens is 3. The van der Waals surface area contributed by atoms with E-state index in [0.29, 0.717) is 5.92 Å². The van der Waals surface area contributed by atoms with Crippen molar-refractivity contribution in [2.75, 3.05) is 5.32 Å². The molecule has 0 aliphatic heterocycles. The summed E-state index contributed by atoms with van der Waals surface area (Å²) < 4.78 is 0. The number of benzene rings is 1. The van der Waals surface area contributed by atoms with Crippen LogP contribution in [-0.2, 0) is 0 Å². The molecule has 0 fully saturated rings. The summed E-state index contributed by atoms with van der Waals surface area (Å²) in [4.78, 5) is 4.58. The molecule has 22 heavy (non-hydrogen) atoms. The Bertz CT molecular complexity index is 763. The highest BCUT2D eigenvalue weighted by molar-refractivity contribution is 7.13. The molecular weight excluding hydrogens is 294 g/mol. The third-order valence-electron chi connectivity index (χ3n) is 3.42. The number of fused-ring (bicyclic) bond motifs is 1. The van der Waals surface area contributed by atoms with Crippen LogP contribution in [0.5, 0.6) is 0 Å². The van der Waals surface area contributed by atoms with Crippen molar-refractivity contribution in [3.8, 4) is 0 Å². The van der Waals surface area contributed by atoms with Crippen LogP contribution in [-0.4, -0.2) is 15.2 Å². The Kier molecular flexibility index (Phi) is 4.31. The molecule has 0 amide bonds. The summed E-state index contributed by atoms with van der Waals surface area (Å²) in [7, 11) is 0. The van der Waals surface area contributed by atoms with E-state index in [-0.39, 0.29) is 6.04 Å². The SMILES string of the molecule is CC(C)CC(N)c1csc(Nc2nncc3ccccc23)n1. The summed E-state index contributed by atoms with van der Waals surface area (Å²) in [5.74, 6) is 1.27. The summed E-state index contributed by atoms with van der Waals surface area (Å²) in [6.07, 6.45) is 2.68. The van der Waals surface area contributed by atoms with E-state index in [1.165, 1.54) is 11.3 Å². The number of hydrogen-bond acceptors (Lipinski definition) is 6. The number of nitrogens with one attached hydrogen (secondary N) is 1. The van der Waals surface area contributed by atoms with Gasteiger partial charge in [0.1, 0.15) is 0 Å². The van der Waals surface area contributed by atoms with Crippen LogP contribution in [0.3, 0.4) is 0 Å². The maximum absolute atomic E-state index is 6.18. The third-order valence-corrected chi connectivity index (χ3v) is 4.20. The molecule has 3 aromatic rings. The van der Waals surface area contributed by atoms with Gasteiger partial charge in [0.15, 0.2) is 10.9 Å². The molecule has 3 rings (SSSR count). The Morgan fingerprint density at radius 3 is 2.91 bits per heavy atom. The fourth-order valence-corrected chi connectivity index (χ4v) is 3.14. The van der Waals surface area contributed by atoms with E-state index in [1.807, 2.05) is 29.6 Å². The molecule has 0 aliphatic rings. The predicted molar refractivity (Wildman–Crippen MR) is 91.3 cm³/mol. The summed E-state index contributed by atoms with van der Waals surface area (Å²) >= 11 is 1.54. The number of rotatable bonds is 5. The molecular formula is C16H19N5S. The number of nitrogens with zero attached hydrogens (tertiary/aromatic N) is 3. The Balaban J connectivity index is 1.82. The van der Waals surface area contributed by atoms with Gasteiger partial charge >= 0.3 is 0 Å². The highest BCUT2D eigenvalue weighted by Crippen LogP contribution is 2.27. The molecule has 0 saturated heterocycles. The minimum atomic E-state index is -0.0228. The molecule has 2 heterocycles. The first kappa shape index (κ1) is 14.9. The lowest BCUT2D eigenvalue weighted by Crippen LogP contribution is -2.13. The van der Waals surface area contributed by atoms with Gasteiger partial charge in [0, 0.05) is 22.2 Å². The van der Waals surface area contributed by atoms with Gasteiger partial charge in [-0.1, -0.05) is 38.1 Å². The molecule has 0 bridgehead atoms. The molecule has 5 nitrogen and oxygen atoms in total. The highest BCUT2D eigenvalue weighted by Gasteiger charge is 2.13. The van der Waals surface area contributed by atoms with Crippen molar-refractivity contribution in [2.45, 2.75) is 26.3 Å². The molecule has 0 aliphatic carbocycles. The number of hydrogen-bond donors (Lipinski definition) is 2. The summed E-state index contributed by atoms with van der Waals surface area (Å²) in [5.41, 5.74) is 7.11. The molecule has 1 unspecified atom stereocenters. The molecule has 1 aromatic carbocycles. The average Bonchev–Trinajstić information content (AvgIpc) is 2.96. The van der Waals surface area contributed by atoms with Gasteiger partial charge in [0.2, 0.25) is 0 Å². The van der Waals surface area contributed by atoms with Crippen molar-refractivity contribution in [3.63, 3.8) is 0 Å². The van der Waals surface area contributed by atoms with Crippen LogP contribution in [0.4, 0.5) is 10.9 Å². The zero-order valence-corrected chi connectivity index (χ0v) is 13.5. The van der Waals surface area contributed by atoms with Gasteiger partial charge in [-0.25, -0.2) is 4.98 Å². The maximum Gasteiger partial charge on any atom is 0.188 e. The quantitative estimate of drug-likeness (QED) is 0.747. The highest BCUT2D eigenvalue weighted by atomic mass is 32.1. The fraction of sp³-hybridized carbons (Fsp3) is 0.312. The molecule has 6 heteroatoms. The average molecular weight is 313 g/mol. The minimum Gasteiger partial charge on any atom is -0.323 e. The first-order valence-corrected chi connectivity index (χ1v) is 8.20. The van der Waals surface area contributed by atoms with Gasteiger partial charge in [-0.3, -0.25) is 0 Å². The second-order valence-electron chi connectivity index (χ2n) is 5.72. The van der Waals surface area contributed by atoms with Crippen LogP contribution in [0.25, 0.3) is 10.8 Å². The minimum absolute atomic E-state index is 0.0228. The summed E-state index contributed by atoms with van der Waals surface area (Å²) in [6, 6.07) is 7.98. The molecule has 0 spiro atoms. The van der Waals surface area contributed by atoms with Crippen LogP contribution in [0.2, 0.25) is 0 Å². The van der Waals surface area contributed by atoms with Crippen LogP contribution >= 0.6 is 11.3 Å². The van der Waals surface area contributed by atoms with Crippen molar-refractivity contribution in [3.05, 3.63) is 41.5 Å². The van der Waals surface area contributed by atoms with Crippen molar-refractivity contribution in [1.82, 2.24) is 15.2 Å². The van der Waals surface area contributed by atoms with E-state index >= 15 is 0 Å². The fourth-order valence-electron chi connectivity index (χ4n) is 2.36. The lowest BCUT2D eigenvalue weighted by molar-refractivity contribution is 0.504. The van der Waals surface area contributed by atoms with Crippen LogP contribution < -0.4 is 11.1 Å². The van der Waals surface area contributed by atoms with Crippen LogP contribution in [0.1, 0.15) is 32.0 Å². The van der Waals surface area contributed by atoms with Gasteiger partial charge in [-0.15, -0.1) is 16.4 Å². The molecule has 114 valence electrons. The largest absolute Gasteiger partial charge is 0.323 e. The van der Waals surface area contributed by atoms with E-state index in [1.54, 1.807) is 6.20 Å². The van der Waals surface area contributed by atoms with Crippen LogP contribution in [0.15, 0.2) is 35.8 Å². The van der Waals surface area contributed by atoms with Gasteiger partial charge in [0.05, 0.1) is 11.9 Å². The Morgan fingerprint density at radius 2 is 2.09 bits per heavy atom. The number of nitrogens with two attached hydrogens (primary N) is 1. The smallest absolute Gasteiger partial charge is 0.188 e. The molecule has 2 aromatic heterocycles. The van der Waals surface area contributed by atoms with Gasteiger partial charge in [0.25, 0.3) is 0 Å². The van der Waals surface area contributed by atoms with E-state index in [0.717, 1.165) is 33.8 Å². The Hall–Kier alpha value is -2.05. The van der Waals surface area contributed by atoms with Crippen molar-refractivity contribution < 1.29 is 0 Å². The van der Waals surface area contributed by atoms with Gasteiger partial charge < -0.3 is 11.1 Å². The van der Waals surface area contributed by atoms with Crippen molar-refractivity contribution in [1.29, 1.82) is 0 Å². The standard InChI is InChI=1S/C16H19N5S/c1-10(2)7-13(17)14-9-22-16(19-14)20-15-12-6-4-3-5-11(12)8-18-21-15/h3-6,8-10,13H,7,17H2,1-2H3,(H,19,20,21). The zero-order chi connectivity index (χ0) is 15.5. The Labute approximate surface area is 133 Å². The normalized spacial score (nSPS) is 12.7. The predicted octanol–water partition coefficient (Wildman–Crippen LogP) is 3.88. The van der Waals surface area contributed by atoms with Crippen molar-refractivity contribution in [2.24, 2.45) is 11.7 Å².